The number of piperazine rings is 1. The summed E-state index contributed by atoms with van der Waals surface area (Å²) in [6.45, 7) is 0.798. The predicted octanol–water partition coefficient (Wildman–Crippen LogP) is 3.67. The van der Waals surface area contributed by atoms with Gasteiger partial charge in [0.05, 0.1) is 9.92 Å². The second-order valence-corrected chi connectivity index (χ2v) is 8.69. The number of amides is 2. The first kappa shape index (κ1) is 19.9. The third kappa shape index (κ3) is 4.52. The lowest BCUT2D eigenvalue weighted by molar-refractivity contribution is 0.184. The van der Waals surface area contributed by atoms with Crippen LogP contribution in [0.25, 0.3) is 0 Å². The molecule has 0 aromatic heterocycles. The van der Waals surface area contributed by atoms with E-state index in [0.29, 0.717) is 10.7 Å². The topological polar surface area (TPSA) is 69.7 Å². The molecule has 1 N–H and O–H groups in total. The first-order valence-corrected chi connectivity index (χ1v) is 10.2. The van der Waals surface area contributed by atoms with Crippen LogP contribution in [0.3, 0.4) is 0 Å². The number of halogens is 3. The van der Waals surface area contributed by atoms with Crippen LogP contribution in [0, 0.1) is 5.82 Å². The van der Waals surface area contributed by atoms with E-state index in [1.54, 1.807) is 0 Å². The van der Waals surface area contributed by atoms with E-state index in [0.717, 1.165) is 6.07 Å². The van der Waals surface area contributed by atoms with Crippen LogP contribution in [0.15, 0.2) is 47.4 Å². The molecular formula is C17H16Cl2FN3O3S. The van der Waals surface area contributed by atoms with Gasteiger partial charge < -0.3 is 10.2 Å². The first-order valence-electron chi connectivity index (χ1n) is 8.04. The largest absolute Gasteiger partial charge is 0.322 e. The molecule has 3 rings (SSSR count). The number of nitrogens with zero attached hydrogens (tertiary/aromatic N) is 2. The summed E-state index contributed by atoms with van der Waals surface area (Å²) in [5, 5.41) is 2.99. The maximum atomic E-state index is 13.2. The third-order valence-electron chi connectivity index (χ3n) is 4.15. The van der Waals surface area contributed by atoms with Crippen LogP contribution >= 0.6 is 23.2 Å². The Kier molecular flexibility index (Phi) is 5.90. The minimum Gasteiger partial charge on any atom is -0.322 e. The average molecular weight is 432 g/mol. The van der Waals surface area contributed by atoms with Crippen molar-refractivity contribution in [2.75, 3.05) is 31.5 Å². The van der Waals surface area contributed by atoms with Gasteiger partial charge in [0.1, 0.15) is 5.82 Å². The van der Waals surface area contributed by atoms with Gasteiger partial charge in [-0.05, 0) is 42.5 Å². The van der Waals surface area contributed by atoms with Crippen molar-refractivity contribution >= 4 is 44.9 Å². The number of sulfonamides is 1. The number of urea groups is 1. The Labute approximate surface area is 166 Å². The monoisotopic (exact) mass is 431 g/mol. The number of anilines is 1. The van der Waals surface area contributed by atoms with Gasteiger partial charge in [-0.1, -0.05) is 23.2 Å². The second kappa shape index (κ2) is 8.02. The van der Waals surface area contributed by atoms with Crippen LogP contribution in [0.2, 0.25) is 10.0 Å². The fourth-order valence-electron chi connectivity index (χ4n) is 2.66. The summed E-state index contributed by atoms with van der Waals surface area (Å²) in [6, 6.07) is 9.42. The quantitative estimate of drug-likeness (QED) is 0.805. The molecule has 0 atom stereocenters. The summed E-state index contributed by atoms with van der Waals surface area (Å²) < 4.78 is 39.8. The summed E-state index contributed by atoms with van der Waals surface area (Å²) in [7, 11) is -3.64. The zero-order valence-corrected chi connectivity index (χ0v) is 16.4. The van der Waals surface area contributed by atoms with Gasteiger partial charge in [0, 0.05) is 36.9 Å². The van der Waals surface area contributed by atoms with Gasteiger partial charge in [0.2, 0.25) is 10.0 Å². The molecule has 10 heteroatoms. The number of carbonyl (C=O) groups excluding carboxylic acids is 1. The first-order chi connectivity index (χ1) is 12.8. The fourth-order valence-corrected chi connectivity index (χ4v) is 4.39. The number of carbonyl (C=O) groups is 1. The molecule has 1 saturated heterocycles. The number of rotatable bonds is 3. The van der Waals surface area contributed by atoms with Crippen LogP contribution in [0.5, 0.6) is 0 Å². The van der Waals surface area contributed by atoms with Gasteiger partial charge in [-0.2, -0.15) is 4.31 Å². The number of hydrogen-bond acceptors (Lipinski definition) is 3. The molecule has 144 valence electrons. The Balaban J connectivity index is 1.61. The highest BCUT2D eigenvalue weighted by Gasteiger charge is 2.30. The smallest absolute Gasteiger partial charge is 0.321 e. The Morgan fingerprint density at radius 1 is 1.00 bits per heavy atom. The Morgan fingerprint density at radius 2 is 1.63 bits per heavy atom. The summed E-state index contributed by atoms with van der Waals surface area (Å²) in [6.07, 6.45) is 0. The average Bonchev–Trinajstić information content (AvgIpc) is 2.65. The minimum absolute atomic E-state index is 0.0910. The van der Waals surface area contributed by atoms with Gasteiger partial charge >= 0.3 is 6.03 Å². The van der Waals surface area contributed by atoms with Crippen molar-refractivity contribution in [3.05, 3.63) is 58.3 Å². The van der Waals surface area contributed by atoms with Gasteiger partial charge in [-0.25, -0.2) is 17.6 Å². The summed E-state index contributed by atoms with van der Waals surface area (Å²) in [5.74, 6) is -0.573. The van der Waals surface area contributed by atoms with E-state index in [9.17, 15) is 17.6 Å². The van der Waals surface area contributed by atoms with Crippen LogP contribution in [-0.2, 0) is 10.0 Å². The molecule has 0 unspecified atom stereocenters. The van der Waals surface area contributed by atoms with Crippen molar-refractivity contribution in [3.63, 3.8) is 0 Å². The van der Waals surface area contributed by atoms with Crippen LogP contribution in [-0.4, -0.2) is 49.8 Å². The molecule has 1 heterocycles. The molecule has 2 aromatic rings. The Bertz CT molecular complexity index is 946. The molecule has 0 saturated carbocycles. The van der Waals surface area contributed by atoms with Crippen molar-refractivity contribution in [3.8, 4) is 0 Å². The van der Waals surface area contributed by atoms with E-state index in [-0.39, 0.29) is 36.1 Å². The Hall–Kier alpha value is -1.87. The molecular weight excluding hydrogens is 416 g/mol. The lowest BCUT2D eigenvalue weighted by Gasteiger charge is -2.34. The highest BCUT2D eigenvalue weighted by Crippen LogP contribution is 2.22. The van der Waals surface area contributed by atoms with Crippen LogP contribution < -0.4 is 5.32 Å². The van der Waals surface area contributed by atoms with E-state index in [4.69, 9.17) is 23.2 Å². The van der Waals surface area contributed by atoms with E-state index >= 15 is 0 Å². The molecule has 1 aliphatic rings. The fraction of sp³-hybridized carbons (Fsp3) is 0.235. The van der Waals surface area contributed by atoms with Gasteiger partial charge in [0.15, 0.2) is 0 Å². The molecule has 1 aliphatic heterocycles. The highest BCUT2D eigenvalue weighted by molar-refractivity contribution is 7.89. The van der Waals surface area contributed by atoms with Gasteiger partial charge in [-0.3, -0.25) is 0 Å². The molecule has 27 heavy (non-hydrogen) atoms. The predicted molar refractivity (Wildman–Crippen MR) is 102 cm³/mol. The van der Waals surface area contributed by atoms with Crippen molar-refractivity contribution in [2.24, 2.45) is 0 Å². The Morgan fingerprint density at radius 3 is 2.22 bits per heavy atom. The normalized spacial score (nSPS) is 15.6. The molecule has 2 amide bonds. The van der Waals surface area contributed by atoms with Crippen molar-refractivity contribution in [1.82, 2.24) is 9.21 Å². The van der Waals surface area contributed by atoms with E-state index in [1.165, 1.54) is 45.6 Å². The van der Waals surface area contributed by atoms with Crippen molar-refractivity contribution < 1.29 is 17.6 Å². The summed E-state index contributed by atoms with van der Waals surface area (Å²) in [4.78, 5) is 14.0. The molecule has 2 aromatic carbocycles. The van der Waals surface area contributed by atoms with Crippen molar-refractivity contribution in [1.29, 1.82) is 0 Å². The molecule has 0 radical (unpaired) electrons. The van der Waals surface area contributed by atoms with Crippen LogP contribution in [0.1, 0.15) is 0 Å². The van der Waals surface area contributed by atoms with Gasteiger partial charge in [-0.15, -0.1) is 0 Å². The zero-order valence-electron chi connectivity index (χ0n) is 14.0. The molecule has 1 fully saturated rings. The van der Waals surface area contributed by atoms with E-state index < -0.39 is 21.9 Å². The lowest BCUT2D eigenvalue weighted by Crippen LogP contribution is -2.51. The van der Waals surface area contributed by atoms with Crippen LogP contribution in [0.4, 0.5) is 14.9 Å². The number of hydrogen-bond donors (Lipinski definition) is 1. The van der Waals surface area contributed by atoms with E-state index in [2.05, 4.69) is 5.32 Å². The molecule has 0 spiro atoms. The highest BCUT2D eigenvalue weighted by atomic mass is 35.5. The van der Waals surface area contributed by atoms with E-state index in [1.807, 2.05) is 0 Å². The minimum atomic E-state index is -3.64. The number of nitrogens with one attached hydrogen (secondary N) is 1. The summed E-state index contributed by atoms with van der Waals surface area (Å²) >= 11 is 11.5. The molecule has 6 nitrogen and oxygen atoms in total. The molecule has 0 bridgehead atoms. The lowest BCUT2D eigenvalue weighted by atomic mass is 10.3. The number of benzene rings is 2. The summed E-state index contributed by atoms with van der Waals surface area (Å²) in [5.41, 5.74) is 0.364. The SMILES string of the molecule is O=C(Nc1ccc(F)c(Cl)c1)N1CCN(S(=O)(=O)c2ccc(Cl)cc2)CC1. The standard InChI is InChI=1S/C17H16Cl2FN3O3S/c18-12-1-4-14(5-2-12)27(25,26)23-9-7-22(8-10-23)17(24)21-13-3-6-16(20)15(19)11-13/h1-6,11H,7-10H2,(H,21,24). The van der Waals surface area contributed by atoms with Gasteiger partial charge in [0.25, 0.3) is 0 Å². The maximum Gasteiger partial charge on any atom is 0.321 e. The molecule has 0 aliphatic carbocycles. The zero-order chi connectivity index (χ0) is 19.6. The van der Waals surface area contributed by atoms with Crippen molar-refractivity contribution in [2.45, 2.75) is 4.90 Å². The third-order valence-corrected chi connectivity index (χ3v) is 6.60. The maximum absolute atomic E-state index is 13.2. The second-order valence-electron chi connectivity index (χ2n) is 5.90.